The summed E-state index contributed by atoms with van der Waals surface area (Å²) < 4.78 is 17.5. The van der Waals surface area contributed by atoms with Gasteiger partial charge in [-0.3, -0.25) is 4.90 Å². The molecule has 0 saturated carbocycles. The van der Waals surface area contributed by atoms with Crippen LogP contribution in [0.25, 0.3) is 0 Å². The molecule has 78 valence electrons. The van der Waals surface area contributed by atoms with Crippen LogP contribution in [0.2, 0.25) is 0 Å². The summed E-state index contributed by atoms with van der Waals surface area (Å²) in [4.78, 5) is 3.25. The van der Waals surface area contributed by atoms with Crippen molar-refractivity contribution >= 4 is 11.5 Å². The van der Waals surface area contributed by atoms with Crippen molar-refractivity contribution in [3.05, 3.63) is 11.1 Å². The van der Waals surface area contributed by atoms with Gasteiger partial charge >= 0.3 is 0 Å². The number of rotatable bonds is 2. The number of piperidine rings is 1. The number of nitrogens with zero attached hydrogens (tertiary/aromatic N) is 3. The molecule has 2 heterocycles. The third-order valence-corrected chi connectivity index (χ3v) is 3.16. The lowest BCUT2D eigenvalue weighted by molar-refractivity contribution is 0.0568. The minimum atomic E-state index is -1.02. The van der Waals surface area contributed by atoms with Crippen molar-refractivity contribution in [2.24, 2.45) is 0 Å². The zero-order chi connectivity index (χ0) is 10.0. The van der Waals surface area contributed by atoms with Crippen LogP contribution in [0.3, 0.4) is 0 Å². The van der Waals surface area contributed by atoms with Crippen LogP contribution in [-0.2, 0) is 6.54 Å². The highest BCUT2D eigenvalue weighted by Gasteiger charge is 2.30. The molecule has 1 fully saturated rings. The van der Waals surface area contributed by atoms with Gasteiger partial charge in [-0.1, -0.05) is 4.49 Å². The maximum absolute atomic E-state index is 13.7. The number of alkyl halides is 1. The molecule has 1 aliphatic heterocycles. The highest BCUT2D eigenvalue weighted by molar-refractivity contribution is 7.05. The first-order valence-corrected chi connectivity index (χ1v) is 5.61. The van der Waals surface area contributed by atoms with Crippen molar-refractivity contribution < 1.29 is 4.39 Å². The summed E-state index contributed by atoms with van der Waals surface area (Å²) in [6.07, 6.45) is 3.39. The summed E-state index contributed by atoms with van der Waals surface area (Å²) in [6.45, 7) is 3.99. The van der Waals surface area contributed by atoms with Crippen LogP contribution in [0.1, 0.15) is 24.6 Å². The molecule has 5 heteroatoms. The van der Waals surface area contributed by atoms with Gasteiger partial charge in [0.2, 0.25) is 0 Å². The SMILES string of the molecule is C[C@]1(F)CCCN(Cc2cnns2)C1. The van der Waals surface area contributed by atoms with E-state index in [1.807, 2.05) is 0 Å². The first kappa shape index (κ1) is 9.98. The Labute approximate surface area is 87.1 Å². The Kier molecular flexibility index (Phi) is 2.78. The summed E-state index contributed by atoms with van der Waals surface area (Å²) in [6, 6.07) is 0. The van der Waals surface area contributed by atoms with E-state index in [4.69, 9.17) is 0 Å². The van der Waals surface area contributed by atoms with Gasteiger partial charge in [-0.2, -0.15) is 0 Å². The largest absolute Gasteiger partial charge is 0.295 e. The quantitative estimate of drug-likeness (QED) is 0.754. The van der Waals surface area contributed by atoms with Gasteiger partial charge in [-0.25, -0.2) is 4.39 Å². The molecular weight excluding hydrogens is 201 g/mol. The number of likely N-dealkylation sites (tertiary alicyclic amines) is 1. The lowest BCUT2D eigenvalue weighted by Crippen LogP contribution is -2.42. The number of aromatic nitrogens is 2. The third kappa shape index (κ3) is 2.48. The molecule has 0 amide bonds. The van der Waals surface area contributed by atoms with E-state index < -0.39 is 5.67 Å². The van der Waals surface area contributed by atoms with Crippen molar-refractivity contribution in [1.29, 1.82) is 0 Å². The summed E-state index contributed by atoms with van der Waals surface area (Å²) >= 11 is 1.39. The second-order valence-electron chi connectivity index (χ2n) is 4.11. The summed E-state index contributed by atoms with van der Waals surface area (Å²) in [7, 11) is 0. The topological polar surface area (TPSA) is 29.0 Å². The van der Waals surface area contributed by atoms with Gasteiger partial charge in [0.25, 0.3) is 0 Å². The molecule has 1 atom stereocenters. The van der Waals surface area contributed by atoms with Crippen molar-refractivity contribution in [3.63, 3.8) is 0 Å². The van der Waals surface area contributed by atoms with Gasteiger partial charge in [0.15, 0.2) is 0 Å². The van der Waals surface area contributed by atoms with Gasteiger partial charge in [-0.05, 0) is 37.8 Å². The van der Waals surface area contributed by atoms with E-state index in [1.165, 1.54) is 11.5 Å². The van der Waals surface area contributed by atoms with Crippen LogP contribution in [0.15, 0.2) is 6.20 Å². The Morgan fingerprint density at radius 1 is 1.71 bits per heavy atom. The normalized spacial score (nSPS) is 29.3. The summed E-state index contributed by atoms with van der Waals surface area (Å²) in [5.41, 5.74) is -1.02. The maximum Gasteiger partial charge on any atom is 0.120 e. The van der Waals surface area contributed by atoms with Crippen molar-refractivity contribution in [1.82, 2.24) is 14.5 Å². The molecule has 14 heavy (non-hydrogen) atoms. The summed E-state index contributed by atoms with van der Waals surface area (Å²) in [5, 5.41) is 3.77. The molecular formula is C9H14FN3S. The van der Waals surface area contributed by atoms with Gasteiger partial charge in [0, 0.05) is 13.1 Å². The first-order valence-electron chi connectivity index (χ1n) is 4.83. The number of halogens is 1. The fourth-order valence-electron chi connectivity index (χ4n) is 1.91. The smallest absolute Gasteiger partial charge is 0.120 e. The second kappa shape index (κ2) is 3.90. The molecule has 1 aliphatic rings. The molecule has 2 rings (SSSR count). The van der Waals surface area contributed by atoms with E-state index in [2.05, 4.69) is 14.5 Å². The molecule has 0 aromatic carbocycles. The van der Waals surface area contributed by atoms with E-state index in [9.17, 15) is 4.39 Å². The predicted molar refractivity (Wildman–Crippen MR) is 53.9 cm³/mol. The average Bonchev–Trinajstić information content (AvgIpc) is 2.54. The Balaban J connectivity index is 1.92. The maximum atomic E-state index is 13.7. The lowest BCUT2D eigenvalue weighted by atomic mass is 9.97. The monoisotopic (exact) mass is 215 g/mol. The lowest BCUT2D eigenvalue weighted by Gasteiger charge is -2.34. The van der Waals surface area contributed by atoms with Crippen molar-refractivity contribution in [2.75, 3.05) is 13.1 Å². The van der Waals surface area contributed by atoms with E-state index in [-0.39, 0.29) is 0 Å². The van der Waals surface area contributed by atoms with Crippen LogP contribution in [0.5, 0.6) is 0 Å². The van der Waals surface area contributed by atoms with Gasteiger partial charge in [0.05, 0.1) is 11.1 Å². The Hall–Kier alpha value is -0.550. The zero-order valence-corrected chi connectivity index (χ0v) is 9.06. The number of hydrogen-bond donors (Lipinski definition) is 0. The molecule has 0 spiro atoms. The molecule has 1 aromatic heterocycles. The van der Waals surface area contributed by atoms with E-state index in [1.54, 1.807) is 13.1 Å². The molecule has 1 aromatic rings. The fourth-order valence-corrected chi connectivity index (χ4v) is 2.44. The van der Waals surface area contributed by atoms with Gasteiger partial charge < -0.3 is 0 Å². The summed E-state index contributed by atoms with van der Waals surface area (Å²) in [5.74, 6) is 0. The highest BCUT2D eigenvalue weighted by Crippen LogP contribution is 2.25. The van der Waals surface area contributed by atoms with Crippen LogP contribution < -0.4 is 0 Å². The second-order valence-corrected chi connectivity index (χ2v) is 4.98. The van der Waals surface area contributed by atoms with Crippen molar-refractivity contribution in [2.45, 2.75) is 32.0 Å². The minimum absolute atomic E-state index is 0.533. The Morgan fingerprint density at radius 3 is 3.21 bits per heavy atom. The van der Waals surface area contributed by atoms with Gasteiger partial charge in [-0.15, -0.1) is 5.10 Å². The standard InChI is InChI=1S/C9H14FN3S/c1-9(10)3-2-4-13(7-9)6-8-5-11-12-14-8/h5H,2-4,6-7H2,1H3/t9-/m0/s1. The average molecular weight is 215 g/mol. The zero-order valence-electron chi connectivity index (χ0n) is 8.24. The Bertz CT molecular complexity index is 286. The van der Waals surface area contributed by atoms with Crippen LogP contribution in [-0.4, -0.2) is 33.2 Å². The van der Waals surface area contributed by atoms with Crippen molar-refractivity contribution in [3.8, 4) is 0 Å². The molecule has 0 radical (unpaired) electrons. The predicted octanol–water partition coefficient (Wildman–Crippen LogP) is 1.86. The third-order valence-electron chi connectivity index (χ3n) is 2.51. The molecule has 1 saturated heterocycles. The minimum Gasteiger partial charge on any atom is -0.295 e. The van der Waals surface area contributed by atoms with Crippen LogP contribution in [0.4, 0.5) is 4.39 Å². The molecule has 3 nitrogen and oxygen atoms in total. The fraction of sp³-hybridized carbons (Fsp3) is 0.778. The van der Waals surface area contributed by atoms with Gasteiger partial charge in [0.1, 0.15) is 5.67 Å². The Morgan fingerprint density at radius 2 is 2.57 bits per heavy atom. The highest BCUT2D eigenvalue weighted by atomic mass is 32.1. The van der Waals surface area contributed by atoms with E-state index in [0.717, 1.165) is 24.4 Å². The molecule has 0 unspecified atom stereocenters. The van der Waals surface area contributed by atoms with Crippen LogP contribution >= 0.6 is 11.5 Å². The number of hydrogen-bond acceptors (Lipinski definition) is 4. The molecule has 0 bridgehead atoms. The molecule has 0 aliphatic carbocycles. The van der Waals surface area contributed by atoms with E-state index in [0.29, 0.717) is 13.0 Å². The first-order chi connectivity index (χ1) is 6.66. The van der Waals surface area contributed by atoms with Crippen LogP contribution in [0, 0.1) is 0 Å². The molecule has 0 N–H and O–H groups in total. The van der Waals surface area contributed by atoms with E-state index >= 15 is 0 Å².